The molecule has 0 aromatic heterocycles. The van der Waals surface area contributed by atoms with Gasteiger partial charge in [0, 0.05) is 25.2 Å². The molecule has 2 fully saturated rings. The Morgan fingerprint density at radius 1 is 1.43 bits per heavy atom. The van der Waals surface area contributed by atoms with Crippen LogP contribution in [0.15, 0.2) is 0 Å². The third kappa shape index (κ3) is 2.10. The predicted octanol–water partition coefficient (Wildman–Crippen LogP) is 0.360. The molecule has 0 spiro atoms. The first-order chi connectivity index (χ1) is 6.72. The van der Waals surface area contributed by atoms with Crippen LogP contribution >= 0.6 is 0 Å². The van der Waals surface area contributed by atoms with Gasteiger partial charge in [-0.05, 0) is 45.8 Å². The maximum absolute atomic E-state index is 5.86. The number of likely N-dealkylation sites (N-methyl/N-ethyl adjacent to an activating group) is 2. The van der Waals surface area contributed by atoms with E-state index in [1.165, 1.54) is 32.4 Å². The second kappa shape index (κ2) is 4.17. The van der Waals surface area contributed by atoms with E-state index in [-0.39, 0.29) is 0 Å². The first kappa shape index (κ1) is 10.4. The van der Waals surface area contributed by atoms with E-state index in [0.717, 1.165) is 18.5 Å². The van der Waals surface area contributed by atoms with Crippen LogP contribution < -0.4 is 5.73 Å². The van der Waals surface area contributed by atoms with E-state index in [1.54, 1.807) is 0 Å². The summed E-state index contributed by atoms with van der Waals surface area (Å²) in [5, 5.41) is 0. The fourth-order valence-corrected chi connectivity index (χ4v) is 2.69. The summed E-state index contributed by atoms with van der Waals surface area (Å²) in [5.74, 6) is 0.899. The zero-order chi connectivity index (χ0) is 10.1. The smallest absolute Gasteiger partial charge is 0.0247 e. The fraction of sp³-hybridized carbons (Fsp3) is 1.00. The topological polar surface area (TPSA) is 32.5 Å². The molecule has 2 N–H and O–H groups in total. The van der Waals surface area contributed by atoms with Crippen LogP contribution in [0.4, 0.5) is 0 Å². The molecule has 3 nitrogen and oxygen atoms in total. The van der Waals surface area contributed by atoms with Crippen molar-refractivity contribution in [3.8, 4) is 0 Å². The summed E-state index contributed by atoms with van der Waals surface area (Å²) in [6.45, 7) is 3.30. The van der Waals surface area contributed by atoms with Crippen LogP contribution in [0, 0.1) is 5.92 Å². The molecule has 1 aliphatic carbocycles. The van der Waals surface area contributed by atoms with Crippen LogP contribution in [0.1, 0.15) is 19.3 Å². The second-order valence-electron chi connectivity index (χ2n) is 5.01. The van der Waals surface area contributed by atoms with Crippen LogP contribution in [0.25, 0.3) is 0 Å². The first-order valence-corrected chi connectivity index (χ1v) is 5.83. The van der Waals surface area contributed by atoms with E-state index in [2.05, 4.69) is 23.9 Å². The van der Waals surface area contributed by atoms with Crippen LogP contribution in [-0.2, 0) is 0 Å². The van der Waals surface area contributed by atoms with Gasteiger partial charge < -0.3 is 10.6 Å². The number of hydrogen-bond donors (Lipinski definition) is 1. The molecule has 0 bridgehead atoms. The maximum Gasteiger partial charge on any atom is 0.0247 e. The predicted molar refractivity (Wildman–Crippen MR) is 59.2 cm³/mol. The molecule has 0 radical (unpaired) electrons. The van der Waals surface area contributed by atoms with E-state index in [0.29, 0.717) is 6.04 Å². The third-order valence-corrected chi connectivity index (χ3v) is 3.87. The quantitative estimate of drug-likeness (QED) is 0.706. The average molecular weight is 197 g/mol. The number of rotatable bonds is 4. The fourth-order valence-electron chi connectivity index (χ4n) is 2.69. The van der Waals surface area contributed by atoms with Gasteiger partial charge in [0.25, 0.3) is 0 Å². The van der Waals surface area contributed by atoms with Crippen molar-refractivity contribution in [1.82, 2.24) is 9.80 Å². The SMILES string of the molecule is CN1CCC(N(C)C(CN)C2CC2)C1. The first-order valence-electron chi connectivity index (χ1n) is 5.83. The Balaban J connectivity index is 1.88. The van der Waals surface area contributed by atoms with Gasteiger partial charge >= 0.3 is 0 Å². The lowest BCUT2D eigenvalue weighted by atomic mass is 10.1. The van der Waals surface area contributed by atoms with Crippen LogP contribution in [0.2, 0.25) is 0 Å². The molecular formula is C11H23N3. The highest BCUT2D eigenvalue weighted by molar-refractivity contribution is 4.92. The van der Waals surface area contributed by atoms with Crippen LogP contribution in [0.5, 0.6) is 0 Å². The third-order valence-electron chi connectivity index (χ3n) is 3.87. The Morgan fingerprint density at radius 2 is 2.14 bits per heavy atom. The minimum absolute atomic E-state index is 0.645. The van der Waals surface area contributed by atoms with Crippen molar-refractivity contribution >= 4 is 0 Å². The van der Waals surface area contributed by atoms with Crippen LogP contribution in [0.3, 0.4) is 0 Å². The highest BCUT2D eigenvalue weighted by Crippen LogP contribution is 2.35. The van der Waals surface area contributed by atoms with E-state index in [1.807, 2.05) is 0 Å². The van der Waals surface area contributed by atoms with Crippen molar-refractivity contribution in [3.05, 3.63) is 0 Å². The number of nitrogens with two attached hydrogens (primary N) is 1. The van der Waals surface area contributed by atoms with E-state index in [4.69, 9.17) is 5.73 Å². The average Bonchev–Trinajstić information content (AvgIpc) is 2.90. The van der Waals surface area contributed by atoms with E-state index < -0.39 is 0 Å². The van der Waals surface area contributed by atoms with Gasteiger partial charge in [0.15, 0.2) is 0 Å². The molecule has 0 amide bonds. The summed E-state index contributed by atoms with van der Waals surface area (Å²) >= 11 is 0. The van der Waals surface area contributed by atoms with Crippen molar-refractivity contribution in [2.24, 2.45) is 11.7 Å². The summed E-state index contributed by atoms with van der Waals surface area (Å²) in [4.78, 5) is 4.96. The molecule has 82 valence electrons. The van der Waals surface area contributed by atoms with E-state index >= 15 is 0 Å². The highest BCUT2D eigenvalue weighted by atomic mass is 15.3. The lowest BCUT2D eigenvalue weighted by molar-refractivity contribution is 0.161. The Bertz CT molecular complexity index is 191. The molecule has 0 aromatic rings. The van der Waals surface area contributed by atoms with Gasteiger partial charge in [-0.2, -0.15) is 0 Å². The summed E-state index contributed by atoms with van der Waals surface area (Å²) in [6, 6.07) is 1.39. The minimum atomic E-state index is 0.645. The van der Waals surface area contributed by atoms with Gasteiger partial charge in [0.05, 0.1) is 0 Å². The Kier molecular flexibility index (Phi) is 3.10. The van der Waals surface area contributed by atoms with Gasteiger partial charge in [-0.1, -0.05) is 0 Å². The molecular weight excluding hydrogens is 174 g/mol. The normalized spacial score (nSPS) is 31.3. The van der Waals surface area contributed by atoms with Gasteiger partial charge in [0.2, 0.25) is 0 Å². The molecule has 1 saturated carbocycles. The largest absolute Gasteiger partial charge is 0.329 e. The molecule has 2 aliphatic rings. The Labute approximate surface area is 87.2 Å². The maximum atomic E-state index is 5.86. The Hall–Kier alpha value is -0.120. The summed E-state index contributed by atoms with van der Waals surface area (Å²) < 4.78 is 0. The highest BCUT2D eigenvalue weighted by Gasteiger charge is 2.36. The Morgan fingerprint density at radius 3 is 2.57 bits per heavy atom. The minimum Gasteiger partial charge on any atom is -0.329 e. The van der Waals surface area contributed by atoms with Crippen molar-refractivity contribution in [2.75, 3.05) is 33.7 Å². The standard InChI is InChI=1S/C11H23N3/c1-13-6-5-10(8-13)14(2)11(7-12)9-3-4-9/h9-11H,3-8,12H2,1-2H3. The molecule has 14 heavy (non-hydrogen) atoms. The molecule has 2 unspecified atom stereocenters. The van der Waals surface area contributed by atoms with Crippen molar-refractivity contribution in [3.63, 3.8) is 0 Å². The lowest BCUT2D eigenvalue weighted by Crippen LogP contribution is -2.46. The monoisotopic (exact) mass is 197 g/mol. The van der Waals surface area contributed by atoms with Gasteiger partial charge in [0.1, 0.15) is 0 Å². The van der Waals surface area contributed by atoms with Crippen molar-refractivity contribution < 1.29 is 0 Å². The number of likely N-dealkylation sites (tertiary alicyclic amines) is 1. The number of hydrogen-bond acceptors (Lipinski definition) is 3. The molecule has 2 atom stereocenters. The van der Waals surface area contributed by atoms with Gasteiger partial charge in [-0.15, -0.1) is 0 Å². The van der Waals surface area contributed by atoms with Gasteiger partial charge in [-0.3, -0.25) is 4.90 Å². The summed E-state index contributed by atoms with van der Waals surface area (Å²) in [7, 11) is 4.47. The van der Waals surface area contributed by atoms with Crippen molar-refractivity contribution in [2.45, 2.75) is 31.3 Å². The second-order valence-corrected chi connectivity index (χ2v) is 5.01. The molecule has 1 saturated heterocycles. The zero-order valence-electron chi connectivity index (χ0n) is 9.45. The molecule has 0 aromatic carbocycles. The lowest BCUT2D eigenvalue weighted by Gasteiger charge is -2.32. The van der Waals surface area contributed by atoms with Crippen molar-refractivity contribution in [1.29, 1.82) is 0 Å². The molecule has 1 aliphatic heterocycles. The summed E-state index contributed by atoms with van der Waals surface area (Å²) in [6.07, 6.45) is 4.11. The van der Waals surface area contributed by atoms with Crippen LogP contribution in [-0.4, -0.2) is 55.6 Å². The number of nitrogens with zero attached hydrogens (tertiary/aromatic N) is 2. The zero-order valence-corrected chi connectivity index (χ0v) is 9.45. The molecule has 3 heteroatoms. The molecule has 2 rings (SSSR count). The molecule has 1 heterocycles. The van der Waals surface area contributed by atoms with Gasteiger partial charge in [-0.25, -0.2) is 0 Å². The summed E-state index contributed by atoms with van der Waals surface area (Å²) in [5.41, 5.74) is 5.86. The van der Waals surface area contributed by atoms with E-state index in [9.17, 15) is 0 Å².